The van der Waals surface area contributed by atoms with Crippen molar-refractivity contribution in [3.05, 3.63) is 48.0 Å². The van der Waals surface area contributed by atoms with Gasteiger partial charge in [0.15, 0.2) is 0 Å². The van der Waals surface area contributed by atoms with Crippen LogP contribution in [0.4, 0.5) is 30.2 Å². The molecule has 0 unspecified atom stereocenters. The number of carbonyl (C=O) groups is 1. The van der Waals surface area contributed by atoms with Crippen molar-refractivity contribution in [1.29, 1.82) is 0 Å². The van der Waals surface area contributed by atoms with E-state index in [4.69, 9.17) is 9.47 Å². The fourth-order valence-corrected chi connectivity index (χ4v) is 3.20. The Bertz CT molecular complexity index is 883. The number of ether oxygens (including phenoxy) is 2. The van der Waals surface area contributed by atoms with Gasteiger partial charge in [-0.1, -0.05) is 12.1 Å². The summed E-state index contributed by atoms with van der Waals surface area (Å²) >= 11 is 0. The first kappa shape index (κ1) is 21.8. The first-order chi connectivity index (χ1) is 14.3. The molecule has 2 aromatic rings. The van der Waals surface area contributed by atoms with Crippen LogP contribution in [0.25, 0.3) is 0 Å². The van der Waals surface area contributed by atoms with Crippen LogP contribution in [-0.4, -0.2) is 45.4 Å². The number of nitrogens with one attached hydrogen (secondary N) is 2. The highest BCUT2D eigenvalue weighted by Gasteiger charge is 2.32. The van der Waals surface area contributed by atoms with Gasteiger partial charge >= 0.3 is 6.18 Å². The van der Waals surface area contributed by atoms with Crippen LogP contribution in [0.15, 0.2) is 42.5 Å². The Morgan fingerprint density at radius 1 is 1.13 bits per heavy atom. The molecule has 6 nitrogen and oxygen atoms in total. The molecule has 0 aromatic heterocycles. The second kappa shape index (κ2) is 9.25. The molecule has 1 atom stereocenters. The minimum Gasteiger partial charge on any atom is -0.495 e. The van der Waals surface area contributed by atoms with Gasteiger partial charge in [0.2, 0.25) is 5.91 Å². The second-order valence-electron chi connectivity index (χ2n) is 6.88. The predicted molar refractivity (Wildman–Crippen MR) is 109 cm³/mol. The molecule has 0 radical (unpaired) electrons. The molecule has 0 spiro atoms. The second-order valence-corrected chi connectivity index (χ2v) is 6.88. The average Bonchev–Trinajstić information content (AvgIpc) is 2.74. The third kappa shape index (κ3) is 5.15. The summed E-state index contributed by atoms with van der Waals surface area (Å²) in [5.74, 6) is 0.0972. The van der Waals surface area contributed by atoms with Gasteiger partial charge in [0.1, 0.15) is 11.8 Å². The molecule has 1 saturated heterocycles. The number of anilines is 3. The van der Waals surface area contributed by atoms with Gasteiger partial charge in [-0.3, -0.25) is 4.79 Å². The van der Waals surface area contributed by atoms with E-state index in [1.54, 1.807) is 31.2 Å². The van der Waals surface area contributed by atoms with Crippen molar-refractivity contribution in [3.63, 3.8) is 0 Å². The van der Waals surface area contributed by atoms with Crippen molar-refractivity contribution in [2.75, 3.05) is 48.9 Å². The van der Waals surface area contributed by atoms with Gasteiger partial charge in [0, 0.05) is 13.1 Å². The van der Waals surface area contributed by atoms with Gasteiger partial charge in [0.25, 0.3) is 0 Å². The number of para-hydroxylation sites is 2. The molecule has 1 heterocycles. The van der Waals surface area contributed by atoms with Gasteiger partial charge in [-0.25, -0.2) is 0 Å². The van der Waals surface area contributed by atoms with E-state index in [9.17, 15) is 18.0 Å². The number of hydrogen-bond donors (Lipinski definition) is 2. The van der Waals surface area contributed by atoms with Crippen molar-refractivity contribution in [2.24, 2.45) is 0 Å². The number of morpholine rings is 1. The van der Waals surface area contributed by atoms with Crippen LogP contribution >= 0.6 is 0 Å². The smallest absolute Gasteiger partial charge is 0.416 e. The molecule has 30 heavy (non-hydrogen) atoms. The number of amides is 1. The lowest BCUT2D eigenvalue weighted by molar-refractivity contribution is -0.137. The van der Waals surface area contributed by atoms with Crippen LogP contribution in [0.5, 0.6) is 5.75 Å². The quantitative estimate of drug-likeness (QED) is 0.736. The Balaban J connectivity index is 1.82. The lowest BCUT2D eigenvalue weighted by Gasteiger charge is -2.31. The summed E-state index contributed by atoms with van der Waals surface area (Å²) in [4.78, 5) is 14.7. The molecule has 0 aliphatic carbocycles. The van der Waals surface area contributed by atoms with Crippen molar-refractivity contribution in [1.82, 2.24) is 0 Å². The third-order valence-corrected chi connectivity index (χ3v) is 4.81. The zero-order valence-electron chi connectivity index (χ0n) is 16.8. The maximum atomic E-state index is 13.2. The highest BCUT2D eigenvalue weighted by molar-refractivity contribution is 5.99. The molecular formula is C21H24F3N3O3. The van der Waals surface area contributed by atoms with Crippen molar-refractivity contribution in [3.8, 4) is 5.75 Å². The highest BCUT2D eigenvalue weighted by Crippen LogP contribution is 2.36. The SMILES string of the molecule is COc1ccccc1N[C@H](C)C(=O)Nc1cc(C(F)(F)F)ccc1N1CCOCC1. The number of benzene rings is 2. The van der Waals surface area contributed by atoms with Gasteiger partial charge in [-0.05, 0) is 37.3 Å². The number of rotatable bonds is 6. The van der Waals surface area contributed by atoms with Crippen molar-refractivity contribution in [2.45, 2.75) is 19.1 Å². The topological polar surface area (TPSA) is 62.8 Å². The largest absolute Gasteiger partial charge is 0.495 e. The minimum atomic E-state index is -4.51. The van der Waals surface area contributed by atoms with E-state index in [1.807, 2.05) is 4.90 Å². The lowest BCUT2D eigenvalue weighted by Crippen LogP contribution is -2.37. The maximum absolute atomic E-state index is 13.2. The molecule has 9 heteroatoms. The number of methoxy groups -OCH3 is 1. The zero-order chi connectivity index (χ0) is 21.7. The molecule has 2 aromatic carbocycles. The molecule has 1 fully saturated rings. The Labute approximate surface area is 173 Å². The zero-order valence-corrected chi connectivity index (χ0v) is 16.8. The Kier molecular flexibility index (Phi) is 6.71. The molecule has 0 saturated carbocycles. The van der Waals surface area contributed by atoms with Gasteiger partial charge in [0.05, 0.1) is 42.9 Å². The Hall–Kier alpha value is -2.94. The molecule has 1 aliphatic rings. The summed E-state index contributed by atoms with van der Waals surface area (Å²) < 4.78 is 50.3. The number of nitrogens with zero attached hydrogens (tertiary/aromatic N) is 1. The monoisotopic (exact) mass is 423 g/mol. The lowest BCUT2D eigenvalue weighted by atomic mass is 10.1. The normalized spacial score (nSPS) is 15.4. The summed E-state index contributed by atoms with van der Waals surface area (Å²) in [7, 11) is 1.52. The fourth-order valence-electron chi connectivity index (χ4n) is 3.20. The summed E-state index contributed by atoms with van der Waals surface area (Å²) in [5.41, 5.74) is 0.440. The number of carbonyl (C=O) groups excluding carboxylic acids is 1. The first-order valence-electron chi connectivity index (χ1n) is 9.54. The number of hydrogen-bond acceptors (Lipinski definition) is 5. The minimum absolute atomic E-state index is 0.116. The summed E-state index contributed by atoms with van der Waals surface area (Å²) in [6, 6.07) is 9.76. The van der Waals surface area contributed by atoms with Crippen molar-refractivity contribution >= 4 is 23.0 Å². The Morgan fingerprint density at radius 2 is 1.83 bits per heavy atom. The standard InChI is InChI=1S/C21H24F3N3O3/c1-14(25-16-5-3-4-6-19(16)29-2)20(28)26-17-13-15(21(22,23)24)7-8-18(17)27-9-11-30-12-10-27/h3-8,13-14,25H,9-12H2,1-2H3,(H,26,28)/t14-/m1/s1. The molecule has 1 amide bonds. The summed E-state index contributed by atoms with van der Waals surface area (Å²) in [6.07, 6.45) is -4.51. The first-order valence-corrected chi connectivity index (χ1v) is 9.54. The van der Waals surface area contributed by atoms with Gasteiger partial charge < -0.3 is 25.0 Å². The third-order valence-electron chi connectivity index (χ3n) is 4.81. The van der Waals surface area contributed by atoms with E-state index >= 15 is 0 Å². The van der Waals surface area contributed by atoms with Crippen LogP contribution in [0.1, 0.15) is 12.5 Å². The molecule has 2 N–H and O–H groups in total. The molecule has 162 valence electrons. The molecular weight excluding hydrogens is 399 g/mol. The van der Waals surface area contributed by atoms with Gasteiger partial charge in [-0.15, -0.1) is 0 Å². The van der Waals surface area contributed by atoms with Crippen LogP contribution in [-0.2, 0) is 15.7 Å². The molecule has 0 bridgehead atoms. The van der Waals surface area contributed by atoms with E-state index in [-0.39, 0.29) is 5.69 Å². The average molecular weight is 423 g/mol. The summed E-state index contributed by atoms with van der Waals surface area (Å²) in [5, 5.41) is 5.69. The number of halogens is 3. The number of alkyl halides is 3. The van der Waals surface area contributed by atoms with E-state index in [1.165, 1.54) is 13.2 Å². The van der Waals surface area contributed by atoms with Crippen LogP contribution < -0.4 is 20.3 Å². The predicted octanol–water partition coefficient (Wildman–Crippen LogP) is 3.99. The molecule has 1 aliphatic heterocycles. The Morgan fingerprint density at radius 3 is 2.50 bits per heavy atom. The van der Waals surface area contributed by atoms with Crippen molar-refractivity contribution < 1.29 is 27.4 Å². The van der Waals surface area contributed by atoms with Crippen LogP contribution in [0.2, 0.25) is 0 Å². The van der Waals surface area contributed by atoms with E-state index < -0.39 is 23.7 Å². The fraction of sp³-hybridized carbons (Fsp3) is 0.381. The summed E-state index contributed by atoms with van der Waals surface area (Å²) in [6.45, 7) is 3.64. The van der Waals surface area contributed by atoms with E-state index in [0.717, 1.165) is 12.1 Å². The van der Waals surface area contributed by atoms with Crippen LogP contribution in [0, 0.1) is 0 Å². The highest BCUT2D eigenvalue weighted by atomic mass is 19.4. The van der Waals surface area contributed by atoms with E-state index in [0.29, 0.717) is 43.4 Å². The van der Waals surface area contributed by atoms with Crippen LogP contribution in [0.3, 0.4) is 0 Å². The van der Waals surface area contributed by atoms with E-state index in [2.05, 4.69) is 10.6 Å². The maximum Gasteiger partial charge on any atom is 0.416 e. The van der Waals surface area contributed by atoms with Gasteiger partial charge in [-0.2, -0.15) is 13.2 Å². The molecule has 3 rings (SSSR count).